The van der Waals surface area contributed by atoms with Gasteiger partial charge < -0.3 is 20.5 Å². The van der Waals surface area contributed by atoms with Crippen molar-refractivity contribution in [3.05, 3.63) is 30.1 Å². The average molecular weight is 281 g/mol. The molecule has 0 saturated heterocycles. The molecule has 7 heteroatoms. The van der Waals surface area contributed by atoms with E-state index in [1.807, 2.05) is 6.07 Å². The zero-order valence-electron chi connectivity index (χ0n) is 11.3. The molecule has 0 saturated carbocycles. The minimum Gasteiger partial charge on any atom is -0.480 e. The number of hydrogen-bond donors (Lipinski definition) is 3. The number of aromatic nitrogens is 1. The predicted molar refractivity (Wildman–Crippen MR) is 72.1 cm³/mol. The molecule has 1 atom stereocenters. The Balaban J connectivity index is 2.36. The molecule has 1 heterocycles. The summed E-state index contributed by atoms with van der Waals surface area (Å²) in [5.41, 5.74) is 0.703. The summed E-state index contributed by atoms with van der Waals surface area (Å²) in [4.78, 5) is 26.7. The maximum Gasteiger partial charge on any atom is 0.326 e. The van der Waals surface area contributed by atoms with Gasteiger partial charge in [0.2, 0.25) is 0 Å². The van der Waals surface area contributed by atoms with E-state index in [0.29, 0.717) is 25.1 Å². The second kappa shape index (κ2) is 8.87. The van der Waals surface area contributed by atoms with Crippen LogP contribution in [0.4, 0.5) is 4.79 Å². The highest BCUT2D eigenvalue weighted by atomic mass is 16.5. The monoisotopic (exact) mass is 281 g/mol. The van der Waals surface area contributed by atoms with Crippen molar-refractivity contribution in [2.45, 2.75) is 25.4 Å². The topological polar surface area (TPSA) is 101 Å². The molecule has 0 aliphatic carbocycles. The Hall–Kier alpha value is -2.15. The van der Waals surface area contributed by atoms with E-state index in [0.717, 1.165) is 0 Å². The van der Waals surface area contributed by atoms with Crippen LogP contribution in [0, 0.1) is 0 Å². The number of methoxy groups -OCH3 is 1. The first-order valence-corrected chi connectivity index (χ1v) is 6.29. The first-order valence-electron chi connectivity index (χ1n) is 6.29. The highest BCUT2D eigenvalue weighted by molar-refractivity contribution is 5.82. The van der Waals surface area contributed by atoms with E-state index >= 15 is 0 Å². The van der Waals surface area contributed by atoms with Gasteiger partial charge in [0.25, 0.3) is 0 Å². The van der Waals surface area contributed by atoms with Crippen LogP contribution in [-0.2, 0) is 16.1 Å². The van der Waals surface area contributed by atoms with Crippen LogP contribution in [0.1, 0.15) is 18.5 Å². The van der Waals surface area contributed by atoms with Crippen molar-refractivity contribution in [1.29, 1.82) is 0 Å². The van der Waals surface area contributed by atoms with E-state index in [-0.39, 0.29) is 6.54 Å². The van der Waals surface area contributed by atoms with E-state index in [4.69, 9.17) is 9.84 Å². The minimum absolute atomic E-state index is 0.247. The van der Waals surface area contributed by atoms with E-state index in [1.165, 1.54) is 0 Å². The molecule has 0 radical (unpaired) electrons. The van der Waals surface area contributed by atoms with Gasteiger partial charge in [-0.1, -0.05) is 6.07 Å². The summed E-state index contributed by atoms with van der Waals surface area (Å²) in [5, 5.41) is 14.0. The Morgan fingerprint density at radius 3 is 2.85 bits per heavy atom. The Labute approximate surface area is 117 Å². The number of nitrogens with one attached hydrogen (secondary N) is 2. The lowest BCUT2D eigenvalue weighted by Gasteiger charge is -2.14. The largest absolute Gasteiger partial charge is 0.480 e. The standard InChI is InChI=1S/C13H19N3O4/c1-20-8-4-6-11(12(17)18)16-13(19)15-9-10-5-2-3-7-14-10/h2-3,5,7,11H,4,6,8-9H2,1H3,(H,17,18)(H2,15,16,19). The second-order valence-electron chi connectivity index (χ2n) is 4.17. The highest BCUT2D eigenvalue weighted by Gasteiger charge is 2.19. The number of carboxylic acid groups (broad SMARTS) is 1. The van der Waals surface area contributed by atoms with Gasteiger partial charge in [0, 0.05) is 19.9 Å². The molecule has 0 aliphatic rings. The minimum atomic E-state index is -1.06. The quantitative estimate of drug-likeness (QED) is 0.611. The Kier molecular flexibility index (Phi) is 7.05. The summed E-state index contributed by atoms with van der Waals surface area (Å²) in [6, 6.07) is 3.91. The molecule has 110 valence electrons. The van der Waals surface area contributed by atoms with E-state index in [2.05, 4.69) is 15.6 Å². The number of carboxylic acids is 1. The Morgan fingerprint density at radius 2 is 2.25 bits per heavy atom. The van der Waals surface area contributed by atoms with E-state index in [1.54, 1.807) is 25.4 Å². The number of pyridine rings is 1. The van der Waals surface area contributed by atoms with Crippen molar-refractivity contribution in [2.75, 3.05) is 13.7 Å². The number of aliphatic carboxylic acids is 1. The molecule has 0 fully saturated rings. The van der Waals surface area contributed by atoms with Crippen LogP contribution in [0.25, 0.3) is 0 Å². The number of amides is 2. The maximum atomic E-state index is 11.6. The van der Waals surface area contributed by atoms with Gasteiger partial charge in [-0.05, 0) is 25.0 Å². The van der Waals surface area contributed by atoms with Gasteiger partial charge >= 0.3 is 12.0 Å². The average Bonchev–Trinajstić information content (AvgIpc) is 2.45. The zero-order chi connectivity index (χ0) is 14.8. The Bertz CT molecular complexity index is 425. The third-order valence-corrected chi connectivity index (χ3v) is 2.60. The van der Waals surface area contributed by atoms with Crippen molar-refractivity contribution in [1.82, 2.24) is 15.6 Å². The van der Waals surface area contributed by atoms with Crippen LogP contribution in [0.15, 0.2) is 24.4 Å². The van der Waals surface area contributed by atoms with Crippen LogP contribution >= 0.6 is 0 Å². The summed E-state index contributed by atoms with van der Waals surface area (Å²) >= 11 is 0. The summed E-state index contributed by atoms with van der Waals surface area (Å²) in [7, 11) is 1.54. The number of carbonyl (C=O) groups is 2. The molecule has 1 aromatic rings. The van der Waals surface area contributed by atoms with Gasteiger partial charge in [0.15, 0.2) is 0 Å². The molecule has 0 aromatic carbocycles. The van der Waals surface area contributed by atoms with Crippen LogP contribution in [0.5, 0.6) is 0 Å². The first kappa shape index (κ1) is 15.9. The fourth-order valence-electron chi connectivity index (χ4n) is 1.57. The molecule has 20 heavy (non-hydrogen) atoms. The lowest BCUT2D eigenvalue weighted by Crippen LogP contribution is -2.45. The molecule has 1 unspecified atom stereocenters. The van der Waals surface area contributed by atoms with Crippen molar-refractivity contribution in [3.8, 4) is 0 Å². The highest BCUT2D eigenvalue weighted by Crippen LogP contribution is 1.98. The molecule has 3 N–H and O–H groups in total. The van der Waals surface area contributed by atoms with Gasteiger partial charge in [-0.15, -0.1) is 0 Å². The first-order chi connectivity index (χ1) is 9.63. The summed E-state index contributed by atoms with van der Waals surface area (Å²) in [6.07, 6.45) is 2.51. The molecule has 2 amide bonds. The molecular formula is C13H19N3O4. The number of rotatable bonds is 8. The normalized spacial score (nSPS) is 11.7. The maximum absolute atomic E-state index is 11.6. The van der Waals surface area contributed by atoms with Crippen molar-refractivity contribution < 1.29 is 19.4 Å². The van der Waals surface area contributed by atoms with Gasteiger partial charge in [0.05, 0.1) is 12.2 Å². The SMILES string of the molecule is COCCCC(NC(=O)NCc1ccccn1)C(=O)O. The predicted octanol–water partition coefficient (Wildman–Crippen LogP) is 0.761. The fraction of sp³-hybridized carbons (Fsp3) is 0.462. The number of carbonyl (C=O) groups excluding carboxylic acids is 1. The second-order valence-corrected chi connectivity index (χ2v) is 4.17. The summed E-state index contributed by atoms with van der Waals surface area (Å²) in [5.74, 6) is -1.06. The van der Waals surface area contributed by atoms with Crippen molar-refractivity contribution in [2.24, 2.45) is 0 Å². The molecule has 0 bridgehead atoms. The molecular weight excluding hydrogens is 262 g/mol. The summed E-state index contributed by atoms with van der Waals surface area (Å²) < 4.78 is 4.85. The van der Waals surface area contributed by atoms with Crippen LogP contribution in [0.3, 0.4) is 0 Å². The molecule has 1 aromatic heterocycles. The molecule has 7 nitrogen and oxygen atoms in total. The third-order valence-electron chi connectivity index (χ3n) is 2.60. The van der Waals surface area contributed by atoms with E-state index < -0.39 is 18.0 Å². The number of nitrogens with zero attached hydrogens (tertiary/aromatic N) is 1. The number of ether oxygens (including phenoxy) is 1. The van der Waals surface area contributed by atoms with Gasteiger partial charge in [0.1, 0.15) is 6.04 Å². The van der Waals surface area contributed by atoms with Crippen molar-refractivity contribution >= 4 is 12.0 Å². The Morgan fingerprint density at radius 1 is 1.45 bits per heavy atom. The lowest BCUT2D eigenvalue weighted by molar-refractivity contribution is -0.139. The third kappa shape index (κ3) is 6.14. The van der Waals surface area contributed by atoms with Gasteiger partial charge in [-0.3, -0.25) is 4.98 Å². The molecule has 0 spiro atoms. The fourth-order valence-corrected chi connectivity index (χ4v) is 1.57. The van der Waals surface area contributed by atoms with E-state index in [9.17, 15) is 9.59 Å². The molecule has 1 rings (SSSR count). The van der Waals surface area contributed by atoms with Gasteiger partial charge in [-0.25, -0.2) is 9.59 Å². The van der Waals surface area contributed by atoms with Crippen molar-refractivity contribution in [3.63, 3.8) is 0 Å². The number of urea groups is 1. The van der Waals surface area contributed by atoms with Crippen LogP contribution < -0.4 is 10.6 Å². The van der Waals surface area contributed by atoms with Crippen LogP contribution in [-0.4, -0.2) is 41.8 Å². The lowest BCUT2D eigenvalue weighted by atomic mass is 10.1. The number of hydrogen-bond acceptors (Lipinski definition) is 4. The van der Waals surface area contributed by atoms with Crippen LogP contribution in [0.2, 0.25) is 0 Å². The summed E-state index contributed by atoms with van der Waals surface area (Å²) in [6.45, 7) is 0.706. The van der Waals surface area contributed by atoms with Gasteiger partial charge in [-0.2, -0.15) is 0 Å². The molecule has 0 aliphatic heterocycles. The smallest absolute Gasteiger partial charge is 0.326 e. The zero-order valence-corrected chi connectivity index (χ0v) is 11.3.